The van der Waals surface area contributed by atoms with E-state index in [1.54, 1.807) is 25.1 Å². The number of methoxy groups -OCH3 is 1. The molecule has 0 heterocycles. The highest BCUT2D eigenvalue weighted by Gasteiger charge is 2.01. The molecule has 0 aliphatic rings. The number of carbonyl (C=O) groups is 1. The maximum atomic E-state index is 11.7. The second-order valence-corrected chi connectivity index (χ2v) is 6.03. The molecule has 5 heteroatoms. The van der Waals surface area contributed by atoms with Gasteiger partial charge in [0.2, 0.25) is 5.91 Å². The van der Waals surface area contributed by atoms with Crippen molar-refractivity contribution in [2.75, 3.05) is 12.9 Å². The summed E-state index contributed by atoms with van der Waals surface area (Å²) in [5, 5.41) is 3.97. The fourth-order valence-corrected chi connectivity index (χ4v) is 2.63. The van der Waals surface area contributed by atoms with Gasteiger partial charge < -0.3 is 4.74 Å². The van der Waals surface area contributed by atoms with Gasteiger partial charge in [-0.25, -0.2) is 5.43 Å². The lowest BCUT2D eigenvalue weighted by Gasteiger charge is -2.03. The van der Waals surface area contributed by atoms with E-state index in [1.807, 2.05) is 55.5 Å². The van der Waals surface area contributed by atoms with Gasteiger partial charge >= 0.3 is 0 Å². The normalized spacial score (nSPS) is 10.7. The number of rotatable bonds is 7. The van der Waals surface area contributed by atoms with E-state index in [2.05, 4.69) is 10.5 Å². The van der Waals surface area contributed by atoms with Crippen molar-refractivity contribution in [3.8, 4) is 5.75 Å². The van der Waals surface area contributed by atoms with Gasteiger partial charge in [0.05, 0.1) is 19.1 Å². The van der Waals surface area contributed by atoms with Gasteiger partial charge in [-0.1, -0.05) is 42.0 Å². The molecule has 2 rings (SSSR count). The summed E-state index contributed by atoms with van der Waals surface area (Å²) in [6.45, 7) is 2.03. The molecule has 2 aromatic carbocycles. The monoisotopic (exact) mass is 328 g/mol. The number of hydrazone groups is 1. The molecular weight excluding hydrogens is 308 g/mol. The number of amides is 1. The zero-order valence-corrected chi connectivity index (χ0v) is 14.1. The molecule has 0 aliphatic carbocycles. The maximum absolute atomic E-state index is 11.7. The average Bonchev–Trinajstić information content (AvgIpc) is 2.57. The number of hydrogen-bond acceptors (Lipinski definition) is 4. The Bertz CT molecular complexity index is 652. The molecule has 0 saturated heterocycles. The van der Waals surface area contributed by atoms with Crippen LogP contribution in [0.25, 0.3) is 0 Å². The predicted molar refractivity (Wildman–Crippen MR) is 96.1 cm³/mol. The Labute approximate surface area is 140 Å². The van der Waals surface area contributed by atoms with Crippen molar-refractivity contribution < 1.29 is 9.53 Å². The topological polar surface area (TPSA) is 50.7 Å². The highest BCUT2D eigenvalue weighted by molar-refractivity contribution is 7.99. The van der Waals surface area contributed by atoms with Crippen LogP contribution in [0.5, 0.6) is 5.75 Å². The van der Waals surface area contributed by atoms with E-state index >= 15 is 0 Å². The minimum absolute atomic E-state index is 0.105. The van der Waals surface area contributed by atoms with Gasteiger partial charge in [0.25, 0.3) is 0 Å². The molecule has 0 aromatic heterocycles. The van der Waals surface area contributed by atoms with E-state index < -0.39 is 0 Å². The lowest BCUT2D eigenvalue weighted by Crippen LogP contribution is -2.19. The number of thioether (sulfide) groups is 1. The van der Waals surface area contributed by atoms with Crippen LogP contribution in [0.4, 0.5) is 0 Å². The van der Waals surface area contributed by atoms with Crippen molar-refractivity contribution >= 4 is 23.9 Å². The Morgan fingerprint density at radius 2 is 1.87 bits per heavy atom. The van der Waals surface area contributed by atoms with Crippen LogP contribution >= 0.6 is 11.8 Å². The summed E-state index contributed by atoms with van der Waals surface area (Å²) >= 11 is 1.55. The van der Waals surface area contributed by atoms with Crippen molar-refractivity contribution in [1.82, 2.24) is 5.43 Å². The molecule has 4 nitrogen and oxygen atoms in total. The number of ether oxygens (including phenoxy) is 1. The van der Waals surface area contributed by atoms with E-state index in [-0.39, 0.29) is 5.91 Å². The summed E-state index contributed by atoms with van der Waals surface area (Å²) in [6, 6.07) is 15.8. The number of hydrogen-bond donors (Lipinski definition) is 1. The smallest absolute Gasteiger partial charge is 0.250 e. The van der Waals surface area contributed by atoms with Crippen molar-refractivity contribution in [2.45, 2.75) is 12.7 Å². The molecule has 0 spiro atoms. The zero-order chi connectivity index (χ0) is 16.5. The predicted octanol–water partition coefficient (Wildman–Crippen LogP) is 3.39. The first-order valence-electron chi connectivity index (χ1n) is 7.26. The molecule has 1 N–H and O–H groups in total. The van der Waals surface area contributed by atoms with Crippen LogP contribution in [0, 0.1) is 6.92 Å². The number of nitrogens with zero attached hydrogens (tertiary/aromatic N) is 1. The fraction of sp³-hybridized carbons (Fsp3) is 0.222. The van der Waals surface area contributed by atoms with Crippen molar-refractivity contribution in [1.29, 1.82) is 0 Å². The summed E-state index contributed by atoms with van der Waals surface area (Å²) in [7, 11) is 1.64. The van der Waals surface area contributed by atoms with E-state index in [1.165, 1.54) is 5.56 Å². The van der Waals surface area contributed by atoms with Crippen LogP contribution in [0.15, 0.2) is 53.6 Å². The van der Waals surface area contributed by atoms with E-state index in [0.717, 1.165) is 22.6 Å². The van der Waals surface area contributed by atoms with Gasteiger partial charge in [-0.2, -0.15) is 5.10 Å². The van der Waals surface area contributed by atoms with E-state index in [4.69, 9.17) is 4.74 Å². The Balaban J connectivity index is 1.69. The number of nitrogens with one attached hydrogen (secondary N) is 1. The molecule has 23 heavy (non-hydrogen) atoms. The highest BCUT2D eigenvalue weighted by atomic mass is 32.2. The van der Waals surface area contributed by atoms with Crippen molar-refractivity contribution in [3.63, 3.8) is 0 Å². The first-order valence-corrected chi connectivity index (χ1v) is 8.42. The van der Waals surface area contributed by atoms with E-state index in [0.29, 0.717) is 5.75 Å². The molecule has 0 aliphatic heterocycles. The van der Waals surface area contributed by atoms with Crippen molar-refractivity contribution in [2.24, 2.45) is 5.10 Å². The molecule has 0 radical (unpaired) electrons. The lowest BCUT2D eigenvalue weighted by molar-refractivity contribution is -0.118. The largest absolute Gasteiger partial charge is 0.497 e. The van der Waals surface area contributed by atoms with Crippen LogP contribution < -0.4 is 10.2 Å². The van der Waals surface area contributed by atoms with Crippen LogP contribution in [0.3, 0.4) is 0 Å². The quantitative estimate of drug-likeness (QED) is 0.626. The Morgan fingerprint density at radius 3 is 2.52 bits per heavy atom. The molecule has 0 bridgehead atoms. The maximum Gasteiger partial charge on any atom is 0.250 e. The number of aryl methyl sites for hydroxylation is 1. The SMILES string of the molecule is COc1ccc(CSCC(=O)N/N=C\c2ccc(C)cc2)cc1. The van der Waals surface area contributed by atoms with Crippen LogP contribution in [-0.2, 0) is 10.5 Å². The standard InChI is InChI=1S/C18H20N2O2S/c1-14-3-5-15(6-4-14)11-19-20-18(21)13-23-12-16-7-9-17(22-2)10-8-16/h3-11H,12-13H2,1-2H3,(H,20,21)/b19-11-. The van der Waals surface area contributed by atoms with Gasteiger partial charge in [-0.15, -0.1) is 11.8 Å². The second kappa shape index (κ2) is 9.00. The first-order chi connectivity index (χ1) is 11.2. The van der Waals surface area contributed by atoms with Gasteiger partial charge in [-0.05, 0) is 30.2 Å². The summed E-state index contributed by atoms with van der Waals surface area (Å²) < 4.78 is 5.11. The zero-order valence-electron chi connectivity index (χ0n) is 13.3. The third kappa shape index (κ3) is 6.16. The number of carbonyl (C=O) groups excluding carboxylic acids is 1. The molecular formula is C18H20N2O2S. The summed E-state index contributed by atoms with van der Waals surface area (Å²) in [6.07, 6.45) is 1.64. The number of benzene rings is 2. The van der Waals surface area contributed by atoms with Gasteiger partial charge in [0, 0.05) is 5.75 Å². The summed E-state index contributed by atoms with van der Waals surface area (Å²) in [5.74, 6) is 1.88. The fourth-order valence-electron chi connectivity index (χ4n) is 1.85. The molecule has 120 valence electrons. The Kier molecular flexibility index (Phi) is 6.69. The Morgan fingerprint density at radius 1 is 1.17 bits per heavy atom. The highest BCUT2D eigenvalue weighted by Crippen LogP contribution is 2.16. The lowest BCUT2D eigenvalue weighted by atomic mass is 10.2. The second-order valence-electron chi connectivity index (χ2n) is 5.04. The molecule has 2 aromatic rings. The molecule has 0 atom stereocenters. The van der Waals surface area contributed by atoms with Gasteiger partial charge in [-0.3, -0.25) is 4.79 Å². The third-order valence-electron chi connectivity index (χ3n) is 3.14. The third-order valence-corrected chi connectivity index (χ3v) is 4.14. The minimum Gasteiger partial charge on any atom is -0.497 e. The summed E-state index contributed by atoms with van der Waals surface area (Å²) in [4.78, 5) is 11.7. The van der Waals surface area contributed by atoms with Crippen LogP contribution in [-0.4, -0.2) is 25.0 Å². The average molecular weight is 328 g/mol. The van der Waals surface area contributed by atoms with Crippen molar-refractivity contribution in [3.05, 3.63) is 65.2 Å². The molecule has 0 unspecified atom stereocenters. The Hall–Kier alpha value is -2.27. The van der Waals surface area contributed by atoms with Crippen LogP contribution in [0.2, 0.25) is 0 Å². The van der Waals surface area contributed by atoms with E-state index in [9.17, 15) is 4.79 Å². The minimum atomic E-state index is -0.105. The summed E-state index contributed by atoms with van der Waals surface area (Å²) in [5.41, 5.74) is 5.85. The molecule has 0 fully saturated rings. The first kappa shape index (κ1) is 17.1. The molecule has 1 amide bonds. The van der Waals surface area contributed by atoms with Gasteiger partial charge in [0.15, 0.2) is 0 Å². The molecule has 0 saturated carbocycles. The van der Waals surface area contributed by atoms with Gasteiger partial charge in [0.1, 0.15) is 5.75 Å². The van der Waals surface area contributed by atoms with Crippen LogP contribution in [0.1, 0.15) is 16.7 Å².